The average molecular weight is 432 g/mol. The van der Waals surface area contributed by atoms with Crippen LogP contribution in [0.15, 0.2) is 12.5 Å². The Hall–Kier alpha value is -2.62. The highest BCUT2D eigenvalue weighted by Crippen LogP contribution is 2.36. The maximum Gasteiger partial charge on any atom is 0.242 e. The van der Waals surface area contributed by atoms with Crippen molar-refractivity contribution in [3.8, 4) is 6.07 Å². The minimum Gasteiger partial charge on any atom is -0.394 e. The molecule has 3 rings (SSSR count). The van der Waals surface area contributed by atoms with Crippen molar-refractivity contribution in [2.45, 2.75) is 50.8 Å². The number of rotatable bonds is 8. The Morgan fingerprint density at radius 2 is 2.19 bits per heavy atom. The molecule has 1 amide bonds. The number of methoxy groups -OCH3 is 1. The topological polar surface area (TPSA) is 155 Å². The van der Waals surface area contributed by atoms with E-state index in [0.717, 1.165) is 0 Å². The summed E-state index contributed by atoms with van der Waals surface area (Å²) in [5, 5.41) is 35.7. The predicted molar refractivity (Wildman–Crippen MR) is 111 cm³/mol. The minimum absolute atomic E-state index is 0.209. The van der Waals surface area contributed by atoms with Gasteiger partial charge >= 0.3 is 0 Å². The quantitative estimate of drug-likeness (QED) is 0.456. The van der Waals surface area contributed by atoms with Gasteiger partial charge in [0.2, 0.25) is 5.91 Å². The molecule has 1 saturated heterocycles. The molecule has 0 saturated carbocycles. The first-order chi connectivity index (χ1) is 14.9. The van der Waals surface area contributed by atoms with Crippen LogP contribution in [0.1, 0.15) is 32.1 Å². The number of aliphatic hydroxyl groups excluding tert-OH is 2. The number of carbonyl (C=O) groups is 1. The maximum atomic E-state index is 12.8. The molecule has 11 heteroatoms. The molecule has 168 valence electrons. The number of hydrogen-bond donors (Lipinski definition) is 4. The molecular weight excluding hydrogens is 404 g/mol. The second-order valence-electron chi connectivity index (χ2n) is 7.88. The molecular formula is C20H28N6O5. The lowest BCUT2D eigenvalue weighted by molar-refractivity contribution is -0.118. The van der Waals surface area contributed by atoms with E-state index < -0.39 is 30.6 Å². The molecule has 1 fully saturated rings. The standard InChI is InChI=1S/C20H28N6O5/c1-10(2)5-12(22-3)19(29)25-17-14-11(6-21)7-26(18(14)24-9-23-17)20-16(30-4)15(28)13(8-27)31-20/h7,9-10,12-13,15-16,20,22,27-28H,5,8H2,1-4H3,(H,23,24,25,29)/t12?,13-,15?,16+,20-/m1/s1. The summed E-state index contributed by atoms with van der Waals surface area (Å²) < 4.78 is 12.7. The highest BCUT2D eigenvalue weighted by atomic mass is 16.6. The Labute approximate surface area is 180 Å². The first kappa shape index (κ1) is 23.1. The average Bonchev–Trinajstić information content (AvgIpc) is 3.29. The van der Waals surface area contributed by atoms with Crippen molar-refractivity contribution in [1.82, 2.24) is 19.9 Å². The summed E-state index contributed by atoms with van der Waals surface area (Å²) >= 11 is 0. The summed E-state index contributed by atoms with van der Waals surface area (Å²) in [7, 11) is 3.14. The van der Waals surface area contributed by atoms with Gasteiger partial charge < -0.3 is 34.9 Å². The van der Waals surface area contributed by atoms with E-state index in [0.29, 0.717) is 23.4 Å². The van der Waals surface area contributed by atoms with E-state index in [1.54, 1.807) is 11.6 Å². The molecule has 0 radical (unpaired) electrons. The van der Waals surface area contributed by atoms with Crippen LogP contribution in [0.4, 0.5) is 5.82 Å². The third-order valence-corrected chi connectivity index (χ3v) is 5.38. The number of amides is 1. The maximum absolute atomic E-state index is 12.8. The number of aliphatic hydroxyl groups is 2. The Bertz CT molecular complexity index is 971. The van der Waals surface area contributed by atoms with Gasteiger partial charge in [0.1, 0.15) is 42.2 Å². The molecule has 0 bridgehead atoms. The predicted octanol–water partition coefficient (Wildman–Crippen LogP) is 0.141. The molecule has 0 aliphatic carbocycles. The summed E-state index contributed by atoms with van der Waals surface area (Å²) in [5.41, 5.74) is 0.570. The van der Waals surface area contributed by atoms with Crippen molar-refractivity contribution in [3.63, 3.8) is 0 Å². The first-order valence-electron chi connectivity index (χ1n) is 10.1. The summed E-state index contributed by atoms with van der Waals surface area (Å²) in [5.74, 6) is 0.247. The molecule has 1 aliphatic rings. The van der Waals surface area contributed by atoms with Gasteiger partial charge in [-0.3, -0.25) is 4.79 Å². The highest BCUT2D eigenvalue weighted by molar-refractivity contribution is 6.02. The van der Waals surface area contributed by atoms with E-state index in [2.05, 4.69) is 26.7 Å². The zero-order valence-corrected chi connectivity index (χ0v) is 17.9. The summed E-state index contributed by atoms with van der Waals surface area (Å²) in [6, 6.07) is 1.67. The fraction of sp³-hybridized carbons (Fsp3) is 0.600. The van der Waals surface area contributed by atoms with Gasteiger partial charge in [-0.1, -0.05) is 13.8 Å². The van der Waals surface area contributed by atoms with Crippen molar-refractivity contribution in [3.05, 3.63) is 18.1 Å². The van der Waals surface area contributed by atoms with Crippen molar-refractivity contribution >= 4 is 22.8 Å². The van der Waals surface area contributed by atoms with Gasteiger partial charge in [0.25, 0.3) is 0 Å². The summed E-state index contributed by atoms with van der Waals surface area (Å²) in [4.78, 5) is 21.2. The molecule has 31 heavy (non-hydrogen) atoms. The van der Waals surface area contributed by atoms with Crippen molar-refractivity contribution in [2.24, 2.45) is 5.92 Å². The number of aromatic nitrogens is 3. The summed E-state index contributed by atoms with van der Waals surface area (Å²) in [6.07, 6.45) is -0.0829. The minimum atomic E-state index is -1.06. The molecule has 0 spiro atoms. The largest absolute Gasteiger partial charge is 0.394 e. The number of nitriles is 1. The van der Waals surface area contributed by atoms with E-state index in [1.165, 1.54) is 19.6 Å². The third kappa shape index (κ3) is 4.39. The Kier molecular flexibility index (Phi) is 7.19. The van der Waals surface area contributed by atoms with Gasteiger partial charge in [0, 0.05) is 13.3 Å². The van der Waals surface area contributed by atoms with Gasteiger partial charge in [-0.25, -0.2) is 9.97 Å². The van der Waals surface area contributed by atoms with Crippen molar-refractivity contribution < 1.29 is 24.5 Å². The number of likely N-dealkylation sites (N-methyl/N-ethyl adjacent to an activating group) is 1. The van der Waals surface area contributed by atoms with Gasteiger partial charge in [-0.05, 0) is 19.4 Å². The molecule has 5 atom stereocenters. The van der Waals surface area contributed by atoms with Crippen LogP contribution in [0, 0.1) is 17.2 Å². The number of anilines is 1. The molecule has 2 aromatic heterocycles. The van der Waals surface area contributed by atoms with Crippen LogP contribution >= 0.6 is 0 Å². The number of nitrogens with zero attached hydrogens (tertiary/aromatic N) is 4. The molecule has 2 unspecified atom stereocenters. The molecule has 4 N–H and O–H groups in total. The Morgan fingerprint density at radius 3 is 2.77 bits per heavy atom. The fourth-order valence-corrected chi connectivity index (χ4v) is 3.84. The van der Waals surface area contributed by atoms with E-state index in [9.17, 15) is 20.3 Å². The normalized spacial score (nSPS) is 24.5. The second-order valence-corrected chi connectivity index (χ2v) is 7.88. The number of hydrogen-bond acceptors (Lipinski definition) is 9. The van der Waals surface area contributed by atoms with Crippen LogP contribution < -0.4 is 10.6 Å². The first-order valence-corrected chi connectivity index (χ1v) is 10.1. The lowest BCUT2D eigenvalue weighted by Crippen LogP contribution is -2.39. The second kappa shape index (κ2) is 9.67. The molecule has 11 nitrogen and oxygen atoms in total. The van der Waals surface area contributed by atoms with Gasteiger partial charge in [-0.15, -0.1) is 0 Å². The van der Waals surface area contributed by atoms with Crippen LogP contribution in [-0.2, 0) is 14.3 Å². The Morgan fingerprint density at radius 1 is 1.45 bits per heavy atom. The molecule has 0 aromatic carbocycles. The number of carbonyl (C=O) groups excluding carboxylic acids is 1. The smallest absolute Gasteiger partial charge is 0.242 e. The van der Waals surface area contributed by atoms with Gasteiger partial charge in [0.15, 0.2) is 6.23 Å². The fourth-order valence-electron chi connectivity index (χ4n) is 3.84. The Balaban J connectivity index is 2.01. The SMILES string of the molecule is CNC(CC(C)C)C(=O)Nc1ncnc2c1c(C#N)cn2[C@@H]1O[C@H](CO)C(O)[C@@H]1OC. The lowest BCUT2D eigenvalue weighted by atomic mass is 10.0. The van der Waals surface area contributed by atoms with E-state index in [4.69, 9.17) is 9.47 Å². The van der Waals surface area contributed by atoms with Crippen LogP contribution in [0.25, 0.3) is 11.0 Å². The van der Waals surface area contributed by atoms with Crippen LogP contribution in [0.5, 0.6) is 0 Å². The van der Waals surface area contributed by atoms with Crippen molar-refractivity contribution in [2.75, 3.05) is 26.1 Å². The molecule has 3 heterocycles. The van der Waals surface area contributed by atoms with Crippen LogP contribution in [0.3, 0.4) is 0 Å². The highest BCUT2D eigenvalue weighted by Gasteiger charge is 2.45. The summed E-state index contributed by atoms with van der Waals surface area (Å²) in [6.45, 7) is 3.66. The number of nitrogens with one attached hydrogen (secondary N) is 2. The monoisotopic (exact) mass is 432 g/mol. The van der Waals surface area contributed by atoms with E-state index in [1.807, 2.05) is 13.8 Å². The zero-order chi connectivity index (χ0) is 22.7. The zero-order valence-electron chi connectivity index (χ0n) is 17.9. The third-order valence-electron chi connectivity index (χ3n) is 5.38. The molecule has 2 aromatic rings. The van der Waals surface area contributed by atoms with Gasteiger partial charge in [-0.2, -0.15) is 5.26 Å². The van der Waals surface area contributed by atoms with Crippen LogP contribution in [-0.4, -0.2) is 75.8 Å². The lowest BCUT2D eigenvalue weighted by Gasteiger charge is -2.20. The van der Waals surface area contributed by atoms with Gasteiger partial charge in [0.05, 0.1) is 23.6 Å². The number of ether oxygens (including phenoxy) is 2. The van der Waals surface area contributed by atoms with E-state index in [-0.39, 0.29) is 23.9 Å². The molecule has 1 aliphatic heterocycles. The van der Waals surface area contributed by atoms with E-state index >= 15 is 0 Å². The van der Waals surface area contributed by atoms with Crippen LogP contribution in [0.2, 0.25) is 0 Å². The van der Waals surface area contributed by atoms with Crippen molar-refractivity contribution in [1.29, 1.82) is 5.26 Å². The number of fused-ring (bicyclic) bond motifs is 1.